The molecule has 0 saturated heterocycles. The fourth-order valence-electron chi connectivity index (χ4n) is 2.17. The zero-order valence-electron chi connectivity index (χ0n) is 13.7. The van der Waals surface area contributed by atoms with Gasteiger partial charge in [-0.3, -0.25) is 5.32 Å². The van der Waals surface area contributed by atoms with Gasteiger partial charge in [0.2, 0.25) is 0 Å². The third kappa shape index (κ3) is 4.55. The third-order valence-electron chi connectivity index (χ3n) is 3.62. The van der Waals surface area contributed by atoms with Crippen molar-refractivity contribution >= 4 is 5.97 Å². The highest BCUT2D eigenvalue weighted by molar-refractivity contribution is 5.82. The first kappa shape index (κ1) is 17.7. The molecule has 0 heterocycles. The van der Waals surface area contributed by atoms with Gasteiger partial charge >= 0.3 is 5.97 Å². The summed E-state index contributed by atoms with van der Waals surface area (Å²) >= 11 is 0. The average molecular weight is 293 g/mol. The number of nitrogens with one attached hydrogen (secondary N) is 1. The van der Waals surface area contributed by atoms with Gasteiger partial charge in [-0.1, -0.05) is 38.1 Å². The Balaban J connectivity index is 3.01. The zero-order chi connectivity index (χ0) is 15.9. The second-order valence-electron chi connectivity index (χ2n) is 5.54. The summed E-state index contributed by atoms with van der Waals surface area (Å²) in [5.41, 5.74) is 1.30. The number of esters is 1. The minimum absolute atomic E-state index is 0.265. The Morgan fingerprint density at radius 2 is 1.90 bits per heavy atom. The van der Waals surface area contributed by atoms with E-state index in [0.29, 0.717) is 25.7 Å². The predicted molar refractivity (Wildman–Crippen MR) is 84.4 cm³/mol. The number of rotatable bonds is 8. The van der Waals surface area contributed by atoms with Crippen LogP contribution in [0, 0.1) is 0 Å². The average Bonchev–Trinajstić information content (AvgIpc) is 2.47. The van der Waals surface area contributed by atoms with Crippen LogP contribution in [0.1, 0.15) is 44.7 Å². The zero-order valence-corrected chi connectivity index (χ0v) is 13.7. The van der Waals surface area contributed by atoms with Gasteiger partial charge in [0.25, 0.3) is 0 Å². The number of hydrogen-bond donors (Lipinski definition) is 1. The van der Waals surface area contributed by atoms with E-state index in [9.17, 15) is 4.79 Å². The van der Waals surface area contributed by atoms with Crippen molar-refractivity contribution in [3.63, 3.8) is 0 Å². The van der Waals surface area contributed by atoms with Crippen LogP contribution in [-0.4, -0.2) is 32.8 Å². The summed E-state index contributed by atoms with van der Waals surface area (Å²) in [4.78, 5) is 12.4. The maximum absolute atomic E-state index is 12.4. The summed E-state index contributed by atoms with van der Waals surface area (Å²) in [6.07, 6.45) is 0. The molecular weight excluding hydrogens is 266 g/mol. The molecule has 118 valence electrons. The summed E-state index contributed by atoms with van der Waals surface area (Å²) in [7, 11) is 1.64. The first-order valence-corrected chi connectivity index (χ1v) is 7.47. The molecule has 0 aliphatic heterocycles. The summed E-state index contributed by atoms with van der Waals surface area (Å²) < 4.78 is 10.3. The Labute approximate surface area is 127 Å². The molecule has 21 heavy (non-hydrogen) atoms. The minimum atomic E-state index is -0.857. The van der Waals surface area contributed by atoms with Crippen LogP contribution in [0.4, 0.5) is 0 Å². The van der Waals surface area contributed by atoms with Gasteiger partial charge in [0, 0.05) is 13.7 Å². The van der Waals surface area contributed by atoms with Crippen LogP contribution in [0.2, 0.25) is 0 Å². The molecule has 4 nitrogen and oxygen atoms in total. The topological polar surface area (TPSA) is 47.6 Å². The highest BCUT2D eigenvalue weighted by Crippen LogP contribution is 2.25. The molecular formula is C17H27NO3. The first-order chi connectivity index (χ1) is 9.95. The maximum atomic E-state index is 12.4. The SMILES string of the molecule is CCOC(=O)C(C)(NCCOC)c1ccc(C(C)C)cc1. The fraction of sp³-hybridized carbons (Fsp3) is 0.588. The Morgan fingerprint density at radius 3 is 2.38 bits per heavy atom. The lowest BCUT2D eigenvalue weighted by Crippen LogP contribution is -2.48. The lowest BCUT2D eigenvalue weighted by Gasteiger charge is -2.29. The Morgan fingerprint density at radius 1 is 1.29 bits per heavy atom. The van der Waals surface area contributed by atoms with E-state index in [-0.39, 0.29) is 5.97 Å². The number of methoxy groups -OCH3 is 1. The van der Waals surface area contributed by atoms with E-state index in [1.807, 2.05) is 26.0 Å². The molecule has 0 aromatic heterocycles. The lowest BCUT2D eigenvalue weighted by atomic mass is 9.90. The van der Waals surface area contributed by atoms with E-state index in [2.05, 4.69) is 31.3 Å². The van der Waals surface area contributed by atoms with Crippen molar-refractivity contribution in [3.05, 3.63) is 35.4 Å². The summed E-state index contributed by atoms with van der Waals surface area (Å²) in [5, 5.41) is 3.25. The highest BCUT2D eigenvalue weighted by atomic mass is 16.5. The number of carbonyl (C=O) groups is 1. The van der Waals surface area contributed by atoms with Gasteiger partial charge < -0.3 is 9.47 Å². The van der Waals surface area contributed by atoms with E-state index in [0.717, 1.165) is 5.56 Å². The molecule has 0 spiro atoms. The quantitative estimate of drug-likeness (QED) is 0.591. The largest absolute Gasteiger partial charge is 0.464 e. The first-order valence-electron chi connectivity index (χ1n) is 7.47. The van der Waals surface area contributed by atoms with Gasteiger partial charge in [-0.25, -0.2) is 4.79 Å². The van der Waals surface area contributed by atoms with Crippen molar-refractivity contribution in [2.75, 3.05) is 26.9 Å². The van der Waals surface area contributed by atoms with Gasteiger partial charge in [-0.2, -0.15) is 0 Å². The molecule has 0 amide bonds. The molecule has 1 rings (SSSR count). The molecule has 0 fully saturated rings. The molecule has 0 saturated carbocycles. The van der Waals surface area contributed by atoms with E-state index in [4.69, 9.17) is 9.47 Å². The van der Waals surface area contributed by atoms with Crippen LogP contribution in [0.15, 0.2) is 24.3 Å². The molecule has 0 aliphatic rings. The number of benzene rings is 1. The number of carbonyl (C=O) groups excluding carboxylic acids is 1. The molecule has 1 atom stereocenters. The predicted octanol–water partition coefficient (Wildman–Crippen LogP) is 2.82. The molecule has 0 bridgehead atoms. The summed E-state index contributed by atoms with van der Waals surface area (Å²) in [6, 6.07) is 8.11. The smallest absolute Gasteiger partial charge is 0.330 e. The van der Waals surface area contributed by atoms with Gasteiger partial charge in [-0.05, 0) is 30.9 Å². The van der Waals surface area contributed by atoms with Gasteiger partial charge in [0.1, 0.15) is 5.54 Å². The monoisotopic (exact) mass is 293 g/mol. The van der Waals surface area contributed by atoms with Crippen LogP contribution >= 0.6 is 0 Å². The molecule has 0 radical (unpaired) electrons. The second-order valence-corrected chi connectivity index (χ2v) is 5.54. The summed E-state index contributed by atoms with van der Waals surface area (Å²) in [6.45, 7) is 9.45. The van der Waals surface area contributed by atoms with Crippen molar-refractivity contribution in [1.29, 1.82) is 0 Å². The van der Waals surface area contributed by atoms with Crippen LogP contribution in [-0.2, 0) is 19.8 Å². The normalized spacial score (nSPS) is 14.0. The van der Waals surface area contributed by atoms with Gasteiger partial charge in [0.05, 0.1) is 13.2 Å². The van der Waals surface area contributed by atoms with E-state index in [1.54, 1.807) is 7.11 Å². The molecule has 0 aliphatic carbocycles. The van der Waals surface area contributed by atoms with E-state index < -0.39 is 5.54 Å². The van der Waals surface area contributed by atoms with E-state index >= 15 is 0 Å². The summed E-state index contributed by atoms with van der Waals surface area (Å²) in [5.74, 6) is 0.202. The van der Waals surface area contributed by atoms with Crippen molar-refractivity contribution in [2.45, 2.75) is 39.2 Å². The van der Waals surface area contributed by atoms with Crippen molar-refractivity contribution in [3.8, 4) is 0 Å². The maximum Gasteiger partial charge on any atom is 0.330 e. The molecule has 1 aromatic rings. The molecule has 1 N–H and O–H groups in total. The molecule has 4 heteroatoms. The Bertz CT molecular complexity index is 442. The van der Waals surface area contributed by atoms with Crippen LogP contribution in [0.25, 0.3) is 0 Å². The standard InChI is InChI=1S/C17H27NO3/c1-6-21-16(19)17(4,18-11-12-20-5)15-9-7-14(8-10-15)13(2)3/h7-10,13,18H,6,11-12H2,1-5H3. The highest BCUT2D eigenvalue weighted by Gasteiger charge is 2.36. The number of ether oxygens (including phenoxy) is 2. The Kier molecular flexibility index (Phi) is 6.85. The minimum Gasteiger partial charge on any atom is -0.464 e. The van der Waals surface area contributed by atoms with Crippen LogP contribution in [0.5, 0.6) is 0 Å². The van der Waals surface area contributed by atoms with Crippen LogP contribution in [0.3, 0.4) is 0 Å². The molecule has 1 unspecified atom stereocenters. The number of hydrogen-bond acceptors (Lipinski definition) is 4. The third-order valence-corrected chi connectivity index (χ3v) is 3.62. The Hall–Kier alpha value is -1.39. The van der Waals surface area contributed by atoms with Crippen molar-refractivity contribution in [2.24, 2.45) is 0 Å². The van der Waals surface area contributed by atoms with Crippen molar-refractivity contribution < 1.29 is 14.3 Å². The fourth-order valence-corrected chi connectivity index (χ4v) is 2.17. The van der Waals surface area contributed by atoms with Gasteiger partial charge in [0.15, 0.2) is 0 Å². The van der Waals surface area contributed by atoms with Gasteiger partial charge in [-0.15, -0.1) is 0 Å². The van der Waals surface area contributed by atoms with E-state index in [1.165, 1.54) is 5.56 Å². The molecule has 1 aromatic carbocycles. The second kappa shape index (κ2) is 8.15. The van der Waals surface area contributed by atoms with Crippen molar-refractivity contribution in [1.82, 2.24) is 5.32 Å². The van der Waals surface area contributed by atoms with Crippen LogP contribution < -0.4 is 5.32 Å². The lowest BCUT2D eigenvalue weighted by molar-refractivity contribution is -0.151.